The summed E-state index contributed by atoms with van der Waals surface area (Å²) in [5, 5.41) is 0. The van der Waals surface area contributed by atoms with Crippen molar-refractivity contribution >= 4 is 5.87 Å². The molecule has 2 aliphatic rings. The fourth-order valence-corrected chi connectivity index (χ4v) is 0.863. The van der Waals surface area contributed by atoms with Gasteiger partial charge in [-0.15, -0.1) is 0 Å². The molecule has 1 aliphatic carbocycles. The van der Waals surface area contributed by atoms with Crippen LogP contribution >= 0.6 is 0 Å². The molecule has 0 radical (unpaired) electrons. The SMILES string of the molecule is C=C1C2=CC=C=NC=C12. The highest BCUT2D eigenvalue weighted by atomic mass is 14.7. The van der Waals surface area contributed by atoms with Crippen molar-refractivity contribution in [3.05, 3.63) is 41.7 Å². The van der Waals surface area contributed by atoms with E-state index in [1.807, 2.05) is 6.08 Å². The molecule has 0 atom stereocenters. The highest BCUT2D eigenvalue weighted by molar-refractivity contribution is 5.80. The number of aliphatic imine (C=N–C) groups is 1. The number of rotatable bonds is 0. The van der Waals surface area contributed by atoms with Crippen molar-refractivity contribution < 1.29 is 0 Å². The second-order valence-electron chi connectivity index (χ2n) is 2.03. The molecule has 0 unspecified atom stereocenters. The zero-order chi connectivity index (χ0) is 6.27. The fourth-order valence-electron chi connectivity index (χ4n) is 0.863. The lowest BCUT2D eigenvalue weighted by Crippen LogP contribution is -1.49. The lowest BCUT2D eigenvalue weighted by atomic mass is 10.5. The zero-order valence-corrected chi connectivity index (χ0v) is 4.89. The first-order valence-corrected chi connectivity index (χ1v) is 2.78. The van der Waals surface area contributed by atoms with Gasteiger partial charge in [-0.05, 0) is 23.1 Å². The molecule has 0 N–H and O–H groups in total. The van der Waals surface area contributed by atoms with E-state index in [9.17, 15) is 0 Å². The van der Waals surface area contributed by atoms with E-state index in [1.54, 1.807) is 12.3 Å². The van der Waals surface area contributed by atoms with Crippen LogP contribution < -0.4 is 0 Å². The Morgan fingerprint density at radius 3 is 3.22 bits per heavy atom. The van der Waals surface area contributed by atoms with E-state index in [1.165, 1.54) is 11.1 Å². The van der Waals surface area contributed by atoms with Crippen LogP contribution in [0.15, 0.2) is 46.6 Å². The summed E-state index contributed by atoms with van der Waals surface area (Å²) in [5.74, 6) is 2.73. The quantitative estimate of drug-likeness (QED) is 0.454. The summed E-state index contributed by atoms with van der Waals surface area (Å²) >= 11 is 0. The summed E-state index contributed by atoms with van der Waals surface area (Å²) in [6.45, 7) is 3.81. The second-order valence-corrected chi connectivity index (χ2v) is 2.03. The fraction of sp³-hybridized carbons (Fsp3) is 0. The van der Waals surface area contributed by atoms with Crippen LogP contribution in [-0.2, 0) is 0 Å². The molecule has 1 fully saturated rings. The molecular weight excluding hydrogens is 110 g/mol. The molecule has 0 bridgehead atoms. The van der Waals surface area contributed by atoms with Gasteiger partial charge in [-0.25, -0.2) is 4.99 Å². The van der Waals surface area contributed by atoms with Crippen LogP contribution in [-0.4, -0.2) is 5.87 Å². The minimum Gasteiger partial charge on any atom is -0.214 e. The Balaban J connectivity index is 2.59. The molecule has 0 aromatic carbocycles. The van der Waals surface area contributed by atoms with Crippen molar-refractivity contribution in [3.63, 3.8) is 0 Å². The third-order valence-electron chi connectivity index (χ3n) is 1.47. The Morgan fingerprint density at radius 2 is 2.33 bits per heavy atom. The molecule has 1 saturated carbocycles. The van der Waals surface area contributed by atoms with Crippen LogP contribution in [0.25, 0.3) is 0 Å². The van der Waals surface area contributed by atoms with Gasteiger partial charge in [0.05, 0.1) is 0 Å². The van der Waals surface area contributed by atoms with Crippen LogP contribution in [0.3, 0.4) is 0 Å². The normalized spacial score (nSPS) is 20.2. The first-order valence-electron chi connectivity index (χ1n) is 2.78. The van der Waals surface area contributed by atoms with Crippen LogP contribution in [0.4, 0.5) is 0 Å². The van der Waals surface area contributed by atoms with Gasteiger partial charge in [0.1, 0.15) is 0 Å². The number of hydrogen-bond acceptors (Lipinski definition) is 1. The van der Waals surface area contributed by atoms with Crippen molar-refractivity contribution in [2.24, 2.45) is 4.99 Å². The summed E-state index contributed by atoms with van der Waals surface area (Å²) in [4.78, 5) is 3.86. The number of fused-ring (bicyclic) bond motifs is 1. The predicted molar refractivity (Wildman–Crippen MR) is 37.3 cm³/mol. The Hall–Kier alpha value is -1.33. The highest BCUT2D eigenvalue weighted by Crippen LogP contribution is 2.42. The van der Waals surface area contributed by atoms with Gasteiger partial charge >= 0.3 is 0 Å². The van der Waals surface area contributed by atoms with E-state index in [2.05, 4.69) is 17.4 Å². The number of nitrogens with zero attached hydrogens (tertiary/aromatic N) is 1. The van der Waals surface area contributed by atoms with Gasteiger partial charge in [0, 0.05) is 17.8 Å². The highest BCUT2D eigenvalue weighted by Gasteiger charge is 2.26. The summed E-state index contributed by atoms with van der Waals surface area (Å²) in [6.07, 6.45) is 5.57. The first-order chi connectivity index (χ1) is 4.39. The van der Waals surface area contributed by atoms with Gasteiger partial charge in [0.15, 0.2) is 0 Å². The minimum atomic E-state index is 1.12. The maximum absolute atomic E-state index is 3.86. The lowest BCUT2D eigenvalue weighted by molar-refractivity contribution is 1.60. The Morgan fingerprint density at radius 1 is 1.44 bits per heavy atom. The topological polar surface area (TPSA) is 12.4 Å². The van der Waals surface area contributed by atoms with E-state index in [4.69, 9.17) is 0 Å². The average molecular weight is 115 g/mol. The van der Waals surface area contributed by atoms with Crippen molar-refractivity contribution in [2.45, 2.75) is 0 Å². The van der Waals surface area contributed by atoms with Gasteiger partial charge in [-0.2, -0.15) is 0 Å². The number of hydrogen-bond donors (Lipinski definition) is 0. The van der Waals surface area contributed by atoms with E-state index in [0.29, 0.717) is 0 Å². The summed E-state index contributed by atoms with van der Waals surface area (Å²) in [5.41, 5.74) is 3.52. The van der Waals surface area contributed by atoms with Crippen LogP contribution in [0.2, 0.25) is 0 Å². The van der Waals surface area contributed by atoms with E-state index < -0.39 is 0 Å². The third-order valence-corrected chi connectivity index (χ3v) is 1.47. The van der Waals surface area contributed by atoms with Crippen molar-refractivity contribution in [1.82, 2.24) is 0 Å². The van der Waals surface area contributed by atoms with Gasteiger partial charge in [-0.1, -0.05) is 6.58 Å². The molecule has 0 aromatic rings. The molecule has 1 heteroatoms. The smallest absolute Gasteiger partial charge is 0.0452 e. The molecule has 0 amide bonds. The summed E-state index contributed by atoms with van der Waals surface area (Å²) in [7, 11) is 0. The molecule has 0 aromatic heterocycles. The predicted octanol–water partition coefficient (Wildman–Crippen LogP) is 1.61. The van der Waals surface area contributed by atoms with Gasteiger partial charge in [0.25, 0.3) is 0 Å². The van der Waals surface area contributed by atoms with Crippen molar-refractivity contribution in [2.75, 3.05) is 0 Å². The monoisotopic (exact) mass is 115 g/mol. The second kappa shape index (κ2) is 1.34. The largest absolute Gasteiger partial charge is 0.214 e. The van der Waals surface area contributed by atoms with E-state index in [-0.39, 0.29) is 0 Å². The first kappa shape index (κ1) is 4.54. The standard InChI is InChI=1S/C8H5N/c1-6-7-3-2-4-9-5-8(6)7/h2-3,5H,1H2. The molecular formula is C8H5N. The average Bonchev–Trinajstić information content (AvgIpc) is 2.51. The minimum absolute atomic E-state index is 1.12. The van der Waals surface area contributed by atoms with E-state index >= 15 is 0 Å². The summed E-state index contributed by atoms with van der Waals surface area (Å²) in [6, 6.07) is 0. The van der Waals surface area contributed by atoms with Crippen LogP contribution in [0, 0.1) is 0 Å². The molecule has 1 heterocycles. The number of allylic oxidation sites excluding steroid dienone is 5. The lowest BCUT2D eigenvalue weighted by Gasteiger charge is -1.62. The molecule has 42 valence electrons. The van der Waals surface area contributed by atoms with Gasteiger partial charge in [0.2, 0.25) is 0 Å². The molecule has 0 spiro atoms. The van der Waals surface area contributed by atoms with Crippen molar-refractivity contribution in [1.29, 1.82) is 0 Å². The Bertz CT molecular complexity index is 271. The molecule has 1 nitrogen and oxygen atoms in total. The third kappa shape index (κ3) is 0.523. The van der Waals surface area contributed by atoms with Gasteiger partial charge < -0.3 is 0 Å². The van der Waals surface area contributed by atoms with Gasteiger partial charge in [-0.3, -0.25) is 0 Å². The molecule has 2 rings (SSSR count). The summed E-state index contributed by atoms with van der Waals surface area (Å²) < 4.78 is 0. The molecule has 0 saturated heterocycles. The van der Waals surface area contributed by atoms with E-state index in [0.717, 1.165) is 5.57 Å². The van der Waals surface area contributed by atoms with Crippen LogP contribution in [0.1, 0.15) is 0 Å². The zero-order valence-electron chi connectivity index (χ0n) is 4.89. The van der Waals surface area contributed by atoms with Crippen LogP contribution in [0.5, 0.6) is 0 Å². The maximum Gasteiger partial charge on any atom is 0.0452 e. The Kier molecular flexibility index (Phi) is 0.674. The maximum atomic E-state index is 3.86. The molecule has 1 aliphatic heterocycles. The molecule has 9 heavy (non-hydrogen) atoms. The Labute approximate surface area is 53.4 Å². The van der Waals surface area contributed by atoms with Crippen molar-refractivity contribution in [3.8, 4) is 0 Å².